The molecule has 0 saturated carbocycles. The summed E-state index contributed by atoms with van der Waals surface area (Å²) in [5, 5.41) is 11.7. The normalized spacial score (nSPS) is 11.2. The second-order valence-electron chi connectivity index (χ2n) is 6.16. The Hall–Kier alpha value is -3.41. The van der Waals surface area contributed by atoms with Gasteiger partial charge in [-0.25, -0.2) is 4.79 Å². The molecular formula is C20H19N3O3. The number of amides is 1. The second kappa shape index (κ2) is 7.23. The van der Waals surface area contributed by atoms with Gasteiger partial charge in [-0.1, -0.05) is 30.4 Å². The van der Waals surface area contributed by atoms with Crippen LogP contribution in [0.5, 0.6) is 0 Å². The molecule has 0 aliphatic heterocycles. The minimum Gasteiger partial charge on any atom is -0.330 e. The number of allylic oxidation sites excluding steroid dienone is 1. The molecule has 0 aliphatic rings. The molecule has 0 radical (unpaired) electrons. The van der Waals surface area contributed by atoms with Crippen LogP contribution in [-0.4, -0.2) is 34.5 Å². The van der Waals surface area contributed by atoms with E-state index in [-0.39, 0.29) is 11.7 Å². The van der Waals surface area contributed by atoms with Gasteiger partial charge in [-0.3, -0.25) is 14.7 Å². The van der Waals surface area contributed by atoms with E-state index in [0.29, 0.717) is 6.42 Å². The van der Waals surface area contributed by atoms with Gasteiger partial charge in [0.25, 0.3) is 5.69 Å². The van der Waals surface area contributed by atoms with E-state index in [4.69, 9.17) is 0 Å². The van der Waals surface area contributed by atoms with E-state index < -0.39 is 4.92 Å². The molecule has 1 aromatic heterocycles. The lowest BCUT2D eigenvalue weighted by atomic mass is 10.1. The van der Waals surface area contributed by atoms with Crippen LogP contribution < -0.4 is 0 Å². The van der Waals surface area contributed by atoms with Gasteiger partial charge in [-0.2, -0.15) is 0 Å². The third-order valence-electron chi connectivity index (χ3n) is 4.10. The Morgan fingerprint density at radius 2 is 1.85 bits per heavy atom. The van der Waals surface area contributed by atoms with E-state index in [0.717, 1.165) is 22.2 Å². The Bertz CT molecular complexity index is 985. The first kappa shape index (κ1) is 17.4. The third-order valence-corrected chi connectivity index (χ3v) is 4.10. The Balaban J connectivity index is 1.87. The highest BCUT2D eigenvalue weighted by atomic mass is 16.6. The molecule has 3 aromatic rings. The Morgan fingerprint density at radius 3 is 2.50 bits per heavy atom. The second-order valence-corrected chi connectivity index (χ2v) is 6.16. The average molecular weight is 349 g/mol. The van der Waals surface area contributed by atoms with Crippen molar-refractivity contribution < 1.29 is 9.72 Å². The van der Waals surface area contributed by atoms with E-state index >= 15 is 0 Å². The van der Waals surface area contributed by atoms with Crippen LogP contribution in [0.25, 0.3) is 17.0 Å². The van der Waals surface area contributed by atoms with E-state index in [1.165, 1.54) is 12.1 Å². The van der Waals surface area contributed by atoms with Crippen molar-refractivity contribution in [2.24, 2.45) is 0 Å². The van der Waals surface area contributed by atoms with E-state index in [1.54, 1.807) is 35.7 Å². The van der Waals surface area contributed by atoms with Gasteiger partial charge >= 0.3 is 6.03 Å². The van der Waals surface area contributed by atoms with Crippen LogP contribution >= 0.6 is 0 Å². The zero-order valence-electron chi connectivity index (χ0n) is 14.6. The van der Waals surface area contributed by atoms with Gasteiger partial charge < -0.3 is 4.90 Å². The maximum Gasteiger partial charge on any atom is 0.328 e. The lowest BCUT2D eigenvalue weighted by molar-refractivity contribution is -0.384. The molecule has 1 heterocycles. The lowest BCUT2D eigenvalue weighted by Crippen LogP contribution is -2.28. The number of nitro benzene ring substituents is 1. The number of hydrogen-bond donors (Lipinski definition) is 0. The van der Waals surface area contributed by atoms with Gasteiger partial charge in [-0.05, 0) is 29.8 Å². The van der Waals surface area contributed by atoms with Crippen molar-refractivity contribution in [3.63, 3.8) is 0 Å². The van der Waals surface area contributed by atoms with Crippen molar-refractivity contribution in [2.75, 3.05) is 14.1 Å². The maximum absolute atomic E-state index is 12.6. The number of para-hydroxylation sites is 1. The minimum atomic E-state index is -0.418. The SMILES string of the molecule is CN(C)C(=O)n1c(C/C=C\c2ccc([N+](=O)[O-])cc2)cc2ccccc21. The molecule has 26 heavy (non-hydrogen) atoms. The highest BCUT2D eigenvalue weighted by molar-refractivity contribution is 5.92. The van der Waals surface area contributed by atoms with Crippen molar-refractivity contribution in [3.05, 3.63) is 82.0 Å². The number of carbonyl (C=O) groups is 1. The fraction of sp³-hybridized carbons (Fsp3) is 0.150. The monoisotopic (exact) mass is 349 g/mol. The summed E-state index contributed by atoms with van der Waals surface area (Å²) >= 11 is 0. The number of rotatable bonds is 4. The molecular weight excluding hydrogens is 330 g/mol. The number of carbonyl (C=O) groups excluding carboxylic acids is 1. The molecule has 1 amide bonds. The number of fused-ring (bicyclic) bond motifs is 1. The van der Waals surface area contributed by atoms with Crippen molar-refractivity contribution in [1.82, 2.24) is 9.47 Å². The summed E-state index contributed by atoms with van der Waals surface area (Å²) in [5.74, 6) is 0. The van der Waals surface area contributed by atoms with Gasteiger partial charge in [0.05, 0.1) is 10.4 Å². The van der Waals surface area contributed by atoms with Crippen LogP contribution in [0.3, 0.4) is 0 Å². The smallest absolute Gasteiger partial charge is 0.328 e. The zero-order valence-corrected chi connectivity index (χ0v) is 14.6. The predicted molar refractivity (Wildman–Crippen MR) is 102 cm³/mol. The molecule has 0 saturated heterocycles. The number of nitro groups is 1. The number of non-ortho nitro benzene ring substituents is 1. The maximum atomic E-state index is 12.6. The highest BCUT2D eigenvalue weighted by Crippen LogP contribution is 2.21. The van der Waals surface area contributed by atoms with Crippen molar-refractivity contribution in [3.8, 4) is 0 Å². The summed E-state index contributed by atoms with van der Waals surface area (Å²) in [7, 11) is 3.46. The summed E-state index contributed by atoms with van der Waals surface area (Å²) in [6.07, 6.45) is 4.42. The number of nitrogens with zero attached hydrogens (tertiary/aromatic N) is 3. The molecule has 2 aromatic carbocycles. The summed E-state index contributed by atoms with van der Waals surface area (Å²) < 4.78 is 1.72. The zero-order chi connectivity index (χ0) is 18.7. The molecule has 0 fully saturated rings. The Kier molecular flexibility index (Phi) is 4.84. The molecule has 0 N–H and O–H groups in total. The first-order chi connectivity index (χ1) is 12.5. The summed E-state index contributed by atoms with van der Waals surface area (Å²) in [6.45, 7) is 0. The van der Waals surface area contributed by atoms with E-state index in [9.17, 15) is 14.9 Å². The first-order valence-electron chi connectivity index (χ1n) is 8.19. The third kappa shape index (κ3) is 3.49. The molecule has 6 nitrogen and oxygen atoms in total. The Morgan fingerprint density at radius 1 is 1.15 bits per heavy atom. The minimum absolute atomic E-state index is 0.0684. The van der Waals surface area contributed by atoms with Gasteiger partial charge in [0.1, 0.15) is 0 Å². The summed E-state index contributed by atoms with van der Waals surface area (Å²) in [6, 6.07) is 16.1. The molecule has 0 unspecified atom stereocenters. The number of hydrogen-bond acceptors (Lipinski definition) is 3. The fourth-order valence-electron chi connectivity index (χ4n) is 2.81. The molecule has 0 atom stereocenters. The number of aromatic nitrogens is 1. The number of benzene rings is 2. The van der Waals surface area contributed by atoms with Crippen molar-refractivity contribution >= 4 is 28.7 Å². The first-order valence-corrected chi connectivity index (χ1v) is 8.19. The summed E-state index contributed by atoms with van der Waals surface area (Å²) in [4.78, 5) is 24.4. The lowest BCUT2D eigenvalue weighted by Gasteiger charge is -2.14. The largest absolute Gasteiger partial charge is 0.330 e. The molecule has 0 bridgehead atoms. The van der Waals surface area contributed by atoms with Crippen LogP contribution in [0.4, 0.5) is 10.5 Å². The van der Waals surface area contributed by atoms with Gasteiger partial charge in [0.2, 0.25) is 0 Å². The van der Waals surface area contributed by atoms with Crippen LogP contribution in [-0.2, 0) is 6.42 Å². The predicted octanol–water partition coefficient (Wildman–Crippen LogP) is 4.34. The van der Waals surface area contributed by atoms with Crippen molar-refractivity contribution in [1.29, 1.82) is 0 Å². The standard InChI is InChI=1S/C20H19N3O3/c1-21(2)20(24)22-18(14-16-7-3-4-9-19(16)22)8-5-6-15-10-12-17(13-11-15)23(25)26/h3-7,9-14H,8H2,1-2H3/b6-5-. The molecule has 0 spiro atoms. The van der Waals surface area contributed by atoms with Gasteiger partial charge in [0, 0.05) is 43.7 Å². The van der Waals surface area contributed by atoms with E-state index in [2.05, 4.69) is 0 Å². The van der Waals surface area contributed by atoms with Crippen molar-refractivity contribution in [2.45, 2.75) is 6.42 Å². The van der Waals surface area contributed by atoms with Gasteiger partial charge in [-0.15, -0.1) is 0 Å². The topological polar surface area (TPSA) is 68.4 Å². The van der Waals surface area contributed by atoms with Crippen LogP contribution in [0, 0.1) is 10.1 Å². The van der Waals surface area contributed by atoms with Crippen LogP contribution in [0.15, 0.2) is 60.7 Å². The fourth-order valence-corrected chi connectivity index (χ4v) is 2.81. The Labute approximate surface area is 151 Å². The van der Waals surface area contributed by atoms with Gasteiger partial charge in [0.15, 0.2) is 0 Å². The molecule has 3 rings (SSSR count). The molecule has 6 heteroatoms. The summed E-state index contributed by atoms with van der Waals surface area (Å²) in [5.41, 5.74) is 2.71. The quantitative estimate of drug-likeness (QED) is 0.520. The molecule has 132 valence electrons. The van der Waals surface area contributed by atoms with Crippen LogP contribution in [0.2, 0.25) is 0 Å². The van der Waals surface area contributed by atoms with Crippen LogP contribution in [0.1, 0.15) is 11.3 Å². The van der Waals surface area contributed by atoms with E-state index in [1.807, 2.05) is 42.5 Å². The average Bonchev–Trinajstić information content (AvgIpc) is 2.99. The molecule has 0 aliphatic carbocycles. The highest BCUT2D eigenvalue weighted by Gasteiger charge is 2.15.